The minimum atomic E-state index is -4.61. The lowest BCUT2D eigenvalue weighted by molar-refractivity contribution is 0.0524. The normalized spacial score (nSPS) is 12.4. The van der Waals surface area contributed by atoms with Crippen molar-refractivity contribution in [3.63, 3.8) is 0 Å². The van der Waals surface area contributed by atoms with Crippen LogP contribution in [0.15, 0.2) is 58.2 Å². The molecule has 9 nitrogen and oxygen atoms in total. The molecule has 0 aliphatic heterocycles. The van der Waals surface area contributed by atoms with Gasteiger partial charge in [-0.1, -0.05) is 30.3 Å². The molecule has 1 aromatic heterocycles. The molecule has 0 radical (unpaired) electrons. The number of aryl methyl sites for hydroxylation is 3. The van der Waals surface area contributed by atoms with Gasteiger partial charge in [0.15, 0.2) is 5.78 Å². The van der Waals surface area contributed by atoms with E-state index in [0.717, 1.165) is 0 Å². The van der Waals surface area contributed by atoms with E-state index in [9.17, 15) is 27.4 Å². The molecule has 0 fully saturated rings. The average molecular weight is 533 g/mol. The van der Waals surface area contributed by atoms with Crippen LogP contribution in [0.1, 0.15) is 44.3 Å². The lowest BCUT2D eigenvalue weighted by Crippen LogP contribution is -2.29. The number of carbonyl (C=O) groups excluding carboxylic acids is 2. The van der Waals surface area contributed by atoms with Crippen molar-refractivity contribution in [3.8, 4) is 11.1 Å². The van der Waals surface area contributed by atoms with Crippen molar-refractivity contribution in [1.82, 2.24) is 4.57 Å². The van der Waals surface area contributed by atoms with Gasteiger partial charge in [0, 0.05) is 23.6 Å². The Kier molecular flexibility index (Phi) is 5.96. The van der Waals surface area contributed by atoms with Crippen LogP contribution in [0, 0.1) is 13.8 Å². The summed E-state index contributed by atoms with van der Waals surface area (Å²) in [6.07, 6.45) is 0. The van der Waals surface area contributed by atoms with Gasteiger partial charge < -0.3 is 14.6 Å². The highest BCUT2D eigenvalue weighted by atomic mass is 32.2. The Morgan fingerprint density at radius 2 is 1.71 bits per heavy atom. The number of hydrogen-bond acceptors (Lipinski definition) is 7. The van der Waals surface area contributed by atoms with E-state index in [2.05, 4.69) is 5.32 Å². The van der Waals surface area contributed by atoms with Crippen LogP contribution in [0.25, 0.3) is 22.0 Å². The van der Waals surface area contributed by atoms with Crippen molar-refractivity contribution in [1.29, 1.82) is 0 Å². The fourth-order valence-electron chi connectivity index (χ4n) is 5.10. The largest absolute Gasteiger partial charge is 0.462 e. The number of esters is 1. The molecule has 1 aliphatic carbocycles. The Hall–Kier alpha value is -4.28. The maximum absolute atomic E-state index is 13.9. The number of hydrogen-bond donors (Lipinski definition) is 2. The quantitative estimate of drug-likeness (QED) is 0.249. The summed E-state index contributed by atoms with van der Waals surface area (Å²) in [7, 11) is -3.10. The Labute approximate surface area is 218 Å². The number of rotatable bonds is 5. The van der Waals surface area contributed by atoms with Crippen LogP contribution in [-0.4, -0.2) is 35.9 Å². The zero-order valence-corrected chi connectivity index (χ0v) is 21.9. The van der Waals surface area contributed by atoms with Gasteiger partial charge in [-0.15, -0.1) is 0 Å². The van der Waals surface area contributed by atoms with Gasteiger partial charge in [-0.05, 0) is 55.7 Å². The van der Waals surface area contributed by atoms with Crippen molar-refractivity contribution in [2.75, 3.05) is 11.9 Å². The second-order valence-corrected chi connectivity index (χ2v) is 10.5. The summed E-state index contributed by atoms with van der Waals surface area (Å²) in [5.41, 5.74) is 2.34. The van der Waals surface area contributed by atoms with Gasteiger partial charge in [-0.3, -0.25) is 14.1 Å². The number of pyridine rings is 1. The van der Waals surface area contributed by atoms with Gasteiger partial charge in [-0.2, -0.15) is 8.42 Å². The van der Waals surface area contributed by atoms with Gasteiger partial charge in [0.2, 0.25) is 0 Å². The Morgan fingerprint density at radius 1 is 1.03 bits per heavy atom. The molecular weight excluding hydrogens is 508 g/mol. The Bertz CT molecular complexity index is 1870. The molecule has 0 bridgehead atoms. The summed E-state index contributed by atoms with van der Waals surface area (Å²) in [5, 5.41) is 3.42. The predicted molar refractivity (Wildman–Crippen MR) is 143 cm³/mol. The smallest absolute Gasteiger partial charge is 0.344 e. The summed E-state index contributed by atoms with van der Waals surface area (Å²) in [5.74, 6) is -1.17. The van der Waals surface area contributed by atoms with Crippen LogP contribution in [0.2, 0.25) is 0 Å². The first-order valence-electron chi connectivity index (χ1n) is 11.8. The zero-order valence-electron chi connectivity index (χ0n) is 21.1. The monoisotopic (exact) mass is 532 g/mol. The lowest BCUT2D eigenvalue weighted by atomic mass is 9.81. The average Bonchev–Trinajstić information content (AvgIpc) is 2.86. The first-order chi connectivity index (χ1) is 18.0. The molecule has 194 valence electrons. The highest BCUT2D eigenvalue weighted by Gasteiger charge is 2.34. The van der Waals surface area contributed by atoms with Gasteiger partial charge in [-0.25, -0.2) is 4.79 Å². The molecule has 4 aromatic rings. The number of aromatic nitrogens is 1. The Morgan fingerprint density at radius 3 is 2.37 bits per heavy atom. The third kappa shape index (κ3) is 3.80. The summed E-state index contributed by atoms with van der Waals surface area (Å²) in [6, 6.07) is 13.0. The molecule has 5 rings (SSSR count). The number of nitrogens with zero attached hydrogens (tertiary/aromatic N) is 1. The highest BCUT2D eigenvalue weighted by Crippen LogP contribution is 2.44. The van der Waals surface area contributed by atoms with Crippen molar-refractivity contribution in [3.05, 3.63) is 86.7 Å². The summed E-state index contributed by atoms with van der Waals surface area (Å²) < 4.78 is 40.9. The number of ether oxygens (including phenoxy) is 1. The third-order valence-electron chi connectivity index (χ3n) is 6.69. The van der Waals surface area contributed by atoms with Crippen molar-refractivity contribution in [2.24, 2.45) is 7.05 Å². The van der Waals surface area contributed by atoms with Gasteiger partial charge in [0.05, 0.1) is 29.1 Å². The van der Waals surface area contributed by atoms with Crippen LogP contribution in [0.4, 0.5) is 11.4 Å². The summed E-state index contributed by atoms with van der Waals surface area (Å²) in [4.78, 5) is 40.0. The third-order valence-corrected chi connectivity index (χ3v) is 7.57. The molecule has 1 heterocycles. The van der Waals surface area contributed by atoms with E-state index in [1.165, 1.54) is 17.7 Å². The number of anilines is 2. The molecule has 0 saturated heterocycles. The van der Waals surface area contributed by atoms with Crippen LogP contribution in [-0.2, 0) is 21.9 Å². The highest BCUT2D eigenvalue weighted by molar-refractivity contribution is 7.86. The fraction of sp³-hybridized carbons (Fsp3) is 0.179. The van der Waals surface area contributed by atoms with E-state index in [1.807, 2.05) is 0 Å². The van der Waals surface area contributed by atoms with Gasteiger partial charge >= 0.3 is 5.97 Å². The van der Waals surface area contributed by atoms with E-state index >= 15 is 0 Å². The molecule has 0 amide bonds. The lowest BCUT2D eigenvalue weighted by Gasteiger charge is -2.26. The molecular formula is C28H24N2O7S. The van der Waals surface area contributed by atoms with Crippen molar-refractivity contribution >= 4 is 44.1 Å². The Balaban J connectivity index is 1.91. The number of benzene rings is 3. The molecule has 0 saturated carbocycles. The minimum Gasteiger partial charge on any atom is -0.462 e. The molecule has 0 spiro atoms. The number of carbonyl (C=O) groups is 2. The van der Waals surface area contributed by atoms with Crippen molar-refractivity contribution < 1.29 is 27.3 Å². The van der Waals surface area contributed by atoms with Crippen LogP contribution >= 0.6 is 0 Å². The molecule has 2 N–H and O–H groups in total. The van der Waals surface area contributed by atoms with Crippen LogP contribution in [0.3, 0.4) is 0 Å². The zero-order chi connectivity index (χ0) is 27.5. The number of ketones is 1. The van der Waals surface area contributed by atoms with Crippen LogP contribution < -0.4 is 10.9 Å². The molecule has 0 atom stereocenters. The second kappa shape index (κ2) is 8.93. The SMILES string of the molecule is CCOC(=O)c1c2c3c(c(Nc4c(C)cc(C)cc4S(=O)(=O)O)ccc3n(C)c1=O)C(=O)c1ccccc1-2. The molecule has 38 heavy (non-hydrogen) atoms. The number of fused-ring (bicyclic) bond motifs is 2. The predicted octanol–water partition coefficient (Wildman–Crippen LogP) is 4.53. The molecule has 3 aromatic carbocycles. The fourth-order valence-corrected chi connectivity index (χ4v) is 5.90. The maximum atomic E-state index is 13.9. The van der Waals surface area contributed by atoms with E-state index in [-0.39, 0.29) is 50.9 Å². The van der Waals surface area contributed by atoms with Crippen LogP contribution in [0.5, 0.6) is 0 Å². The second-order valence-electron chi connectivity index (χ2n) is 9.15. The standard InChI is InChI=1S/C28H24N2O7S/c1-5-37-28(33)24-21-16-8-6-7-9-17(16)26(31)22-18(10-11-19(23(21)22)30(4)27(24)32)29-25-15(3)12-14(2)13-20(25)38(34,35)36/h6-13,29H,5H2,1-4H3,(H,34,35,36). The van der Waals surface area contributed by atoms with E-state index in [4.69, 9.17) is 4.74 Å². The summed E-state index contributed by atoms with van der Waals surface area (Å²) in [6.45, 7) is 5.08. The topological polar surface area (TPSA) is 132 Å². The van der Waals surface area contributed by atoms with Gasteiger partial charge in [0.1, 0.15) is 10.5 Å². The molecule has 1 aliphatic rings. The summed E-state index contributed by atoms with van der Waals surface area (Å²) >= 11 is 0. The van der Waals surface area contributed by atoms with Crippen molar-refractivity contribution in [2.45, 2.75) is 25.7 Å². The maximum Gasteiger partial charge on any atom is 0.344 e. The van der Waals surface area contributed by atoms with E-state index < -0.39 is 21.6 Å². The molecule has 0 unspecified atom stereocenters. The van der Waals surface area contributed by atoms with E-state index in [1.54, 1.807) is 63.2 Å². The minimum absolute atomic E-state index is 0.0552. The first-order valence-corrected chi connectivity index (χ1v) is 13.3. The van der Waals surface area contributed by atoms with Gasteiger partial charge in [0.25, 0.3) is 15.7 Å². The van der Waals surface area contributed by atoms with E-state index in [0.29, 0.717) is 27.6 Å². The first kappa shape index (κ1) is 25.4. The number of nitrogens with one attached hydrogen (secondary N) is 1. The molecule has 10 heteroatoms.